The molecular formula is C18H19N3O. The van der Waals surface area contributed by atoms with Gasteiger partial charge in [0.2, 0.25) is 5.95 Å². The summed E-state index contributed by atoms with van der Waals surface area (Å²) in [6.07, 6.45) is 1.09. The zero-order chi connectivity index (χ0) is 15.5. The Labute approximate surface area is 129 Å². The molecule has 1 unspecified atom stereocenters. The minimum atomic E-state index is -0.158. The third kappa shape index (κ3) is 2.86. The molecule has 3 rings (SSSR count). The number of carbonyl (C=O) groups excluding carboxylic acids is 1. The summed E-state index contributed by atoms with van der Waals surface area (Å²) in [6, 6.07) is 15.4. The molecule has 22 heavy (non-hydrogen) atoms. The first-order valence-electron chi connectivity index (χ1n) is 7.53. The number of imidazole rings is 1. The Morgan fingerprint density at radius 3 is 2.59 bits per heavy atom. The van der Waals surface area contributed by atoms with Crippen LogP contribution in [0.25, 0.3) is 11.0 Å². The molecule has 0 aliphatic heterocycles. The van der Waals surface area contributed by atoms with Crippen LogP contribution >= 0.6 is 0 Å². The molecule has 0 aliphatic rings. The normalized spacial score (nSPS) is 12.3. The van der Waals surface area contributed by atoms with Crippen LogP contribution in [0.2, 0.25) is 0 Å². The van der Waals surface area contributed by atoms with E-state index in [0.717, 1.165) is 17.5 Å². The van der Waals surface area contributed by atoms with Crippen molar-refractivity contribution in [2.75, 3.05) is 5.32 Å². The minimum Gasteiger partial charge on any atom is -0.324 e. The smallest absolute Gasteiger partial charge is 0.257 e. The number of benzene rings is 2. The molecule has 0 fully saturated rings. The van der Waals surface area contributed by atoms with Crippen molar-refractivity contribution in [3.8, 4) is 0 Å². The summed E-state index contributed by atoms with van der Waals surface area (Å²) in [5, 5.41) is 2.80. The molecule has 1 aromatic heterocycles. The largest absolute Gasteiger partial charge is 0.324 e. The van der Waals surface area contributed by atoms with Crippen LogP contribution in [0.4, 0.5) is 5.95 Å². The summed E-state index contributed by atoms with van der Waals surface area (Å²) >= 11 is 0. The number of carbonyl (C=O) groups is 1. The number of aromatic amines is 1. The first-order chi connectivity index (χ1) is 10.7. The second kappa shape index (κ2) is 6.02. The molecule has 1 heterocycles. The zero-order valence-corrected chi connectivity index (χ0v) is 12.8. The van der Waals surface area contributed by atoms with Crippen molar-refractivity contribution >= 4 is 22.9 Å². The summed E-state index contributed by atoms with van der Waals surface area (Å²) in [7, 11) is 0. The Morgan fingerprint density at radius 2 is 1.91 bits per heavy atom. The van der Waals surface area contributed by atoms with Gasteiger partial charge in [-0.15, -0.1) is 0 Å². The van der Waals surface area contributed by atoms with Gasteiger partial charge in [-0.05, 0) is 42.2 Å². The molecule has 2 N–H and O–H groups in total. The lowest BCUT2D eigenvalue weighted by Gasteiger charge is -2.09. The highest BCUT2D eigenvalue weighted by molar-refractivity contribution is 6.03. The fraction of sp³-hybridized carbons (Fsp3) is 0.222. The standard InChI is InChI=1S/C18H19N3O/c1-3-12(2)13-8-10-14(11-9-13)17(22)21-18-19-15-6-4-5-7-16(15)20-18/h4-12H,3H2,1-2H3,(H2,19,20,21,22). The fourth-order valence-electron chi connectivity index (χ4n) is 2.39. The third-order valence-electron chi connectivity index (χ3n) is 3.98. The minimum absolute atomic E-state index is 0.158. The van der Waals surface area contributed by atoms with Gasteiger partial charge in [-0.3, -0.25) is 10.1 Å². The van der Waals surface area contributed by atoms with E-state index < -0.39 is 0 Å². The van der Waals surface area contributed by atoms with E-state index in [1.54, 1.807) is 0 Å². The van der Waals surface area contributed by atoms with Crippen molar-refractivity contribution in [3.63, 3.8) is 0 Å². The maximum atomic E-state index is 12.3. The maximum Gasteiger partial charge on any atom is 0.257 e. The number of nitrogens with zero attached hydrogens (tertiary/aromatic N) is 1. The molecular weight excluding hydrogens is 274 g/mol. The number of fused-ring (bicyclic) bond motifs is 1. The molecule has 0 saturated heterocycles. The average molecular weight is 293 g/mol. The van der Waals surface area contributed by atoms with E-state index in [2.05, 4.69) is 29.1 Å². The Morgan fingerprint density at radius 1 is 1.18 bits per heavy atom. The molecule has 0 saturated carbocycles. The van der Waals surface area contributed by atoms with Gasteiger partial charge in [0.05, 0.1) is 11.0 Å². The highest BCUT2D eigenvalue weighted by Gasteiger charge is 2.10. The van der Waals surface area contributed by atoms with Crippen LogP contribution in [-0.4, -0.2) is 15.9 Å². The second-order valence-corrected chi connectivity index (χ2v) is 5.49. The van der Waals surface area contributed by atoms with E-state index in [4.69, 9.17) is 0 Å². The predicted octanol–water partition coefficient (Wildman–Crippen LogP) is 4.33. The number of hydrogen-bond acceptors (Lipinski definition) is 2. The number of rotatable bonds is 4. The molecule has 1 atom stereocenters. The molecule has 4 heteroatoms. The maximum absolute atomic E-state index is 12.3. The van der Waals surface area contributed by atoms with Crippen LogP contribution in [0, 0.1) is 0 Å². The van der Waals surface area contributed by atoms with Gasteiger partial charge in [0, 0.05) is 5.56 Å². The van der Waals surface area contributed by atoms with Gasteiger partial charge in [-0.25, -0.2) is 4.98 Å². The van der Waals surface area contributed by atoms with E-state index >= 15 is 0 Å². The van der Waals surface area contributed by atoms with Gasteiger partial charge in [0.1, 0.15) is 0 Å². The first kappa shape index (κ1) is 14.3. The van der Waals surface area contributed by atoms with E-state index in [9.17, 15) is 4.79 Å². The van der Waals surface area contributed by atoms with Crippen molar-refractivity contribution in [2.45, 2.75) is 26.2 Å². The summed E-state index contributed by atoms with van der Waals surface area (Å²) in [6.45, 7) is 4.34. The molecule has 4 nitrogen and oxygen atoms in total. The number of amides is 1. The SMILES string of the molecule is CCC(C)c1ccc(C(=O)Nc2nc3ccccc3[nH]2)cc1. The van der Waals surface area contributed by atoms with Gasteiger partial charge >= 0.3 is 0 Å². The number of H-pyrrole nitrogens is 1. The Kier molecular flexibility index (Phi) is 3.92. The summed E-state index contributed by atoms with van der Waals surface area (Å²) < 4.78 is 0. The van der Waals surface area contributed by atoms with Crippen LogP contribution in [0.3, 0.4) is 0 Å². The quantitative estimate of drug-likeness (QED) is 0.752. The van der Waals surface area contributed by atoms with Crippen LogP contribution in [0.5, 0.6) is 0 Å². The first-order valence-corrected chi connectivity index (χ1v) is 7.53. The lowest BCUT2D eigenvalue weighted by Crippen LogP contribution is -2.13. The third-order valence-corrected chi connectivity index (χ3v) is 3.98. The average Bonchev–Trinajstić information content (AvgIpc) is 2.96. The number of aromatic nitrogens is 2. The van der Waals surface area contributed by atoms with Gasteiger partial charge in [-0.2, -0.15) is 0 Å². The van der Waals surface area contributed by atoms with Crippen LogP contribution in [-0.2, 0) is 0 Å². The van der Waals surface area contributed by atoms with Gasteiger partial charge in [-0.1, -0.05) is 38.1 Å². The van der Waals surface area contributed by atoms with Crippen molar-refractivity contribution in [1.29, 1.82) is 0 Å². The van der Waals surface area contributed by atoms with E-state index in [-0.39, 0.29) is 5.91 Å². The Bertz CT molecular complexity index is 756. The lowest BCUT2D eigenvalue weighted by molar-refractivity contribution is 0.102. The topological polar surface area (TPSA) is 57.8 Å². The van der Waals surface area contributed by atoms with E-state index in [1.807, 2.05) is 48.5 Å². The van der Waals surface area contributed by atoms with Crippen LogP contribution in [0.1, 0.15) is 42.1 Å². The summed E-state index contributed by atoms with van der Waals surface area (Å²) in [4.78, 5) is 19.7. The van der Waals surface area contributed by atoms with Gasteiger partial charge in [0.15, 0.2) is 0 Å². The molecule has 0 aliphatic carbocycles. The van der Waals surface area contributed by atoms with Crippen LogP contribution in [0.15, 0.2) is 48.5 Å². The Balaban J connectivity index is 1.76. The Hall–Kier alpha value is -2.62. The zero-order valence-electron chi connectivity index (χ0n) is 12.8. The molecule has 0 radical (unpaired) electrons. The number of anilines is 1. The predicted molar refractivity (Wildman–Crippen MR) is 89.2 cm³/mol. The molecule has 1 amide bonds. The second-order valence-electron chi connectivity index (χ2n) is 5.49. The van der Waals surface area contributed by atoms with Gasteiger partial charge < -0.3 is 4.98 Å². The molecule has 0 spiro atoms. The number of para-hydroxylation sites is 2. The number of nitrogens with one attached hydrogen (secondary N) is 2. The van der Waals surface area contributed by atoms with Crippen molar-refractivity contribution < 1.29 is 4.79 Å². The molecule has 2 aromatic carbocycles. The van der Waals surface area contributed by atoms with Crippen molar-refractivity contribution in [2.24, 2.45) is 0 Å². The van der Waals surface area contributed by atoms with Crippen molar-refractivity contribution in [3.05, 3.63) is 59.7 Å². The highest BCUT2D eigenvalue weighted by Crippen LogP contribution is 2.19. The van der Waals surface area contributed by atoms with E-state index in [1.165, 1.54) is 5.56 Å². The van der Waals surface area contributed by atoms with Gasteiger partial charge in [0.25, 0.3) is 5.91 Å². The molecule has 3 aromatic rings. The molecule has 112 valence electrons. The van der Waals surface area contributed by atoms with E-state index in [0.29, 0.717) is 17.4 Å². The van der Waals surface area contributed by atoms with Crippen molar-refractivity contribution in [1.82, 2.24) is 9.97 Å². The fourth-order valence-corrected chi connectivity index (χ4v) is 2.39. The monoisotopic (exact) mass is 293 g/mol. The summed E-state index contributed by atoms with van der Waals surface area (Å²) in [5.74, 6) is 0.819. The number of hydrogen-bond donors (Lipinski definition) is 2. The molecule has 0 bridgehead atoms. The van der Waals surface area contributed by atoms with Crippen LogP contribution < -0.4 is 5.32 Å². The summed E-state index contributed by atoms with van der Waals surface area (Å²) in [5.41, 5.74) is 3.63. The lowest BCUT2D eigenvalue weighted by atomic mass is 9.97. The highest BCUT2D eigenvalue weighted by atomic mass is 16.1.